The molecule has 35 heavy (non-hydrogen) atoms. The van der Waals surface area contributed by atoms with E-state index in [1.54, 1.807) is 6.08 Å². The summed E-state index contributed by atoms with van der Waals surface area (Å²) < 4.78 is 0. The molecule has 0 radical (unpaired) electrons. The molecule has 2 aromatic carbocycles. The summed E-state index contributed by atoms with van der Waals surface area (Å²) in [5, 5.41) is 2.75. The Morgan fingerprint density at radius 2 is 1.77 bits per heavy atom. The first-order valence-electron chi connectivity index (χ1n) is 11.6. The van der Waals surface area contributed by atoms with E-state index in [2.05, 4.69) is 57.0 Å². The van der Waals surface area contributed by atoms with Gasteiger partial charge < -0.3 is 4.90 Å². The van der Waals surface area contributed by atoms with Crippen LogP contribution >= 0.6 is 23.2 Å². The number of rotatable bonds is 3. The van der Waals surface area contributed by atoms with Gasteiger partial charge in [0.2, 0.25) is 0 Å². The molecule has 6 nitrogen and oxygen atoms in total. The van der Waals surface area contributed by atoms with Gasteiger partial charge in [0, 0.05) is 22.3 Å². The van der Waals surface area contributed by atoms with Gasteiger partial charge in [-0.1, -0.05) is 30.1 Å². The van der Waals surface area contributed by atoms with Gasteiger partial charge in [0.05, 0.1) is 10.7 Å². The molecule has 0 spiro atoms. The Morgan fingerprint density at radius 3 is 2.40 bits per heavy atom. The van der Waals surface area contributed by atoms with Crippen molar-refractivity contribution in [3.05, 3.63) is 62.6 Å². The van der Waals surface area contributed by atoms with Gasteiger partial charge in [0.15, 0.2) is 0 Å². The number of carbonyl (C=O) groups excluding carboxylic acids is 3. The van der Waals surface area contributed by atoms with E-state index in [0.29, 0.717) is 17.0 Å². The van der Waals surface area contributed by atoms with E-state index >= 15 is 0 Å². The van der Waals surface area contributed by atoms with Gasteiger partial charge in [-0.25, -0.2) is 9.69 Å². The fourth-order valence-electron chi connectivity index (χ4n) is 5.44. The van der Waals surface area contributed by atoms with Crippen LogP contribution in [0.25, 0.3) is 6.08 Å². The Kier molecular flexibility index (Phi) is 6.49. The van der Waals surface area contributed by atoms with Gasteiger partial charge in [0.1, 0.15) is 5.57 Å². The van der Waals surface area contributed by atoms with E-state index in [4.69, 9.17) is 23.2 Å². The lowest BCUT2D eigenvalue weighted by Gasteiger charge is -2.50. The topological polar surface area (TPSA) is 69.7 Å². The molecule has 1 atom stereocenters. The molecule has 2 aromatic rings. The van der Waals surface area contributed by atoms with Crippen molar-refractivity contribution in [3.63, 3.8) is 0 Å². The number of halogens is 2. The van der Waals surface area contributed by atoms with E-state index in [-0.39, 0.29) is 21.8 Å². The Balaban J connectivity index is 1.80. The zero-order valence-electron chi connectivity index (χ0n) is 20.7. The maximum Gasteiger partial charge on any atom is 0.335 e. The molecule has 4 amide bonds. The molecule has 1 fully saturated rings. The number of aryl methyl sites for hydroxylation is 1. The second-order valence-electron chi connectivity index (χ2n) is 10.2. The quantitative estimate of drug-likeness (QED) is 0.377. The van der Waals surface area contributed by atoms with Crippen LogP contribution in [0, 0.1) is 6.92 Å². The van der Waals surface area contributed by atoms with Crippen LogP contribution in [0.15, 0.2) is 35.9 Å². The van der Waals surface area contributed by atoms with Gasteiger partial charge in [0.25, 0.3) is 11.8 Å². The lowest BCUT2D eigenvalue weighted by atomic mass is 9.78. The molecule has 0 unspecified atom stereocenters. The van der Waals surface area contributed by atoms with Crippen LogP contribution in [0.1, 0.15) is 63.6 Å². The fourth-order valence-corrected chi connectivity index (χ4v) is 5.93. The molecule has 0 aliphatic carbocycles. The summed E-state index contributed by atoms with van der Waals surface area (Å²) in [6.07, 6.45) is 2.54. The molecular formula is C27H29Cl2N3O3. The summed E-state index contributed by atoms with van der Waals surface area (Å²) in [6.45, 7) is 13.1. The van der Waals surface area contributed by atoms with Gasteiger partial charge in [-0.15, -0.1) is 0 Å². The van der Waals surface area contributed by atoms with Crippen molar-refractivity contribution in [1.82, 2.24) is 5.32 Å². The molecule has 2 heterocycles. The van der Waals surface area contributed by atoms with E-state index in [9.17, 15) is 14.4 Å². The number of urea groups is 1. The smallest absolute Gasteiger partial charge is 0.335 e. The number of amides is 4. The molecule has 184 valence electrons. The van der Waals surface area contributed by atoms with Crippen LogP contribution in [0.5, 0.6) is 0 Å². The number of hydrogen-bond donors (Lipinski definition) is 1. The highest BCUT2D eigenvalue weighted by atomic mass is 35.5. The lowest BCUT2D eigenvalue weighted by molar-refractivity contribution is -0.122. The number of barbiturate groups is 1. The van der Waals surface area contributed by atoms with Crippen molar-refractivity contribution >= 4 is 58.5 Å². The summed E-state index contributed by atoms with van der Waals surface area (Å²) >= 11 is 12.2. The molecule has 0 aromatic heterocycles. The summed E-state index contributed by atoms with van der Waals surface area (Å²) in [6, 6.07) is 8.09. The first kappa shape index (κ1) is 25.3. The maximum atomic E-state index is 13.4. The minimum atomic E-state index is -0.855. The largest absolute Gasteiger partial charge is 0.364 e. The van der Waals surface area contributed by atoms with Crippen LogP contribution in [0.3, 0.4) is 0 Å². The summed E-state index contributed by atoms with van der Waals surface area (Å²) in [5.41, 5.74) is 4.06. The highest BCUT2D eigenvalue weighted by Crippen LogP contribution is 2.45. The lowest BCUT2D eigenvalue weighted by Crippen LogP contribution is -2.54. The van der Waals surface area contributed by atoms with Gasteiger partial charge in [-0.3, -0.25) is 14.9 Å². The monoisotopic (exact) mass is 513 g/mol. The minimum Gasteiger partial charge on any atom is -0.364 e. The van der Waals surface area contributed by atoms with Crippen molar-refractivity contribution in [2.45, 2.75) is 65.5 Å². The number of nitrogens with one attached hydrogen (secondary N) is 1. The number of hydrogen-bond acceptors (Lipinski definition) is 4. The van der Waals surface area contributed by atoms with Gasteiger partial charge in [-0.2, -0.15) is 0 Å². The van der Waals surface area contributed by atoms with Crippen molar-refractivity contribution in [1.29, 1.82) is 0 Å². The Bertz CT molecular complexity index is 1280. The standard InChI is InChI=1S/C27H29Cl2N3O3/c1-14(2)32-23-9-15(3)17(10-19(23)16(4)13-27(32,5)6)11-20-24(33)30-26(35)31(25(20)34)22-8-7-18(28)12-21(22)29/h7-12,14,16H,13H2,1-6H3,(H,30,33,35)/b20-11+/t16-/m1/s1. The maximum absolute atomic E-state index is 13.4. The first-order valence-corrected chi connectivity index (χ1v) is 12.4. The van der Waals surface area contributed by atoms with Crippen LogP contribution in [0.4, 0.5) is 16.2 Å². The summed E-state index contributed by atoms with van der Waals surface area (Å²) in [4.78, 5) is 41.9. The van der Waals surface area contributed by atoms with Crippen LogP contribution < -0.4 is 15.1 Å². The van der Waals surface area contributed by atoms with Crippen molar-refractivity contribution in [2.24, 2.45) is 0 Å². The van der Waals surface area contributed by atoms with Crippen LogP contribution in [0.2, 0.25) is 10.0 Å². The Labute approximate surface area is 215 Å². The molecule has 2 aliphatic heterocycles. The SMILES string of the molecule is Cc1cc2c(cc1/C=C1\C(=O)NC(=O)N(c3ccc(Cl)cc3Cl)C1=O)[C@H](C)CC(C)(C)N2C(C)C. The third-order valence-electron chi connectivity index (χ3n) is 6.73. The third kappa shape index (κ3) is 4.45. The Hall–Kier alpha value is -2.83. The van der Waals surface area contributed by atoms with E-state index in [1.807, 2.05) is 6.92 Å². The summed E-state index contributed by atoms with van der Waals surface area (Å²) in [5.74, 6) is -1.18. The van der Waals surface area contributed by atoms with Crippen LogP contribution in [-0.4, -0.2) is 29.4 Å². The average Bonchev–Trinajstić information content (AvgIpc) is 2.72. The highest BCUT2D eigenvalue weighted by molar-refractivity contribution is 6.42. The zero-order chi connectivity index (χ0) is 25.8. The van der Waals surface area contributed by atoms with E-state index in [1.165, 1.54) is 29.4 Å². The number of carbonyl (C=O) groups is 3. The predicted molar refractivity (Wildman–Crippen MR) is 141 cm³/mol. The molecular weight excluding hydrogens is 485 g/mol. The highest BCUT2D eigenvalue weighted by Gasteiger charge is 2.40. The minimum absolute atomic E-state index is 0.00490. The molecule has 8 heteroatoms. The number of imide groups is 2. The molecule has 1 N–H and O–H groups in total. The van der Waals surface area contributed by atoms with Gasteiger partial charge in [-0.05, 0) is 100 Å². The molecule has 2 aliphatic rings. The zero-order valence-corrected chi connectivity index (χ0v) is 22.2. The summed E-state index contributed by atoms with van der Waals surface area (Å²) in [7, 11) is 0. The van der Waals surface area contributed by atoms with Crippen molar-refractivity contribution in [2.75, 3.05) is 9.80 Å². The normalized spacial score (nSPS) is 21.0. The Morgan fingerprint density at radius 1 is 1.09 bits per heavy atom. The first-order chi connectivity index (χ1) is 16.3. The van der Waals surface area contributed by atoms with Gasteiger partial charge >= 0.3 is 6.03 Å². The molecule has 0 saturated carbocycles. The van der Waals surface area contributed by atoms with E-state index in [0.717, 1.165) is 22.4 Å². The molecule has 0 bridgehead atoms. The second-order valence-corrected chi connectivity index (χ2v) is 11.0. The number of fused-ring (bicyclic) bond motifs is 1. The van der Waals surface area contributed by atoms with E-state index < -0.39 is 17.8 Å². The number of anilines is 2. The van der Waals surface area contributed by atoms with Crippen molar-refractivity contribution in [3.8, 4) is 0 Å². The number of benzene rings is 2. The predicted octanol–water partition coefficient (Wildman–Crippen LogP) is 6.47. The molecule has 1 saturated heterocycles. The molecule has 4 rings (SSSR count). The number of nitrogens with zero attached hydrogens (tertiary/aromatic N) is 2. The van der Waals surface area contributed by atoms with Crippen molar-refractivity contribution < 1.29 is 14.4 Å². The fraction of sp³-hybridized carbons (Fsp3) is 0.370. The third-order valence-corrected chi connectivity index (χ3v) is 7.27. The second kappa shape index (κ2) is 8.99. The van der Waals surface area contributed by atoms with Crippen LogP contribution in [-0.2, 0) is 9.59 Å². The average molecular weight is 514 g/mol.